The lowest BCUT2D eigenvalue weighted by molar-refractivity contribution is -0.393. The highest BCUT2D eigenvalue weighted by Gasteiger charge is 2.29. The third-order valence-electron chi connectivity index (χ3n) is 7.62. The highest BCUT2D eigenvalue weighted by atomic mass is 16.6. The first-order valence-electron chi connectivity index (χ1n) is 15.9. The summed E-state index contributed by atoms with van der Waals surface area (Å²) in [6.07, 6.45) is 0.0429. The Balaban J connectivity index is 1.41. The monoisotopic (exact) mass is 727 g/mol. The number of benzene rings is 4. The summed E-state index contributed by atoms with van der Waals surface area (Å²) in [5.74, 6) is -3.04. The molecule has 0 heterocycles. The molecule has 0 aliphatic carbocycles. The Morgan fingerprint density at radius 2 is 1.17 bits per heavy atom. The van der Waals surface area contributed by atoms with Crippen LogP contribution in [0.5, 0.6) is 0 Å². The first-order chi connectivity index (χ1) is 25.4. The van der Waals surface area contributed by atoms with Crippen LogP contribution in [0.4, 0.5) is 22.7 Å². The van der Waals surface area contributed by atoms with Gasteiger partial charge >= 0.3 is 5.97 Å². The van der Waals surface area contributed by atoms with Gasteiger partial charge in [-0.15, -0.1) is 0 Å². The zero-order chi connectivity index (χ0) is 38.3. The van der Waals surface area contributed by atoms with Crippen LogP contribution in [0.1, 0.15) is 16.7 Å². The number of carbonyl (C=O) groups is 4. The highest BCUT2D eigenvalue weighted by molar-refractivity contribution is 5.93. The van der Waals surface area contributed by atoms with Gasteiger partial charge in [-0.05, 0) is 34.9 Å². The van der Waals surface area contributed by atoms with Crippen LogP contribution >= 0.6 is 0 Å². The van der Waals surface area contributed by atoms with Crippen molar-refractivity contribution in [1.29, 1.82) is 0 Å². The van der Waals surface area contributed by atoms with Crippen molar-refractivity contribution >= 4 is 46.4 Å². The van der Waals surface area contributed by atoms with Crippen molar-refractivity contribution in [3.8, 4) is 0 Å². The van der Waals surface area contributed by atoms with E-state index < -0.39 is 75.0 Å². The van der Waals surface area contributed by atoms with Crippen molar-refractivity contribution < 1.29 is 38.7 Å². The van der Waals surface area contributed by atoms with Crippen LogP contribution in [0.2, 0.25) is 0 Å². The lowest BCUT2D eigenvalue weighted by atomic mass is 10.0. The molecule has 0 saturated carbocycles. The summed E-state index contributed by atoms with van der Waals surface area (Å²) in [6.45, 7) is -1.34. The lowest BCUT2D eigenvalue weighted by Crippen LogP contribution is -2.54. The van der Waals surface area contributed by atoms with Crippen LogP contribution in [0.15, 0.2) is 103 Å². The van der Waals surface area contributed by atoms with Gasteiger partial charge in [-0.3, -0.25) is 44.7 Å². The van der Waals surface area contributed by atoms with Crippen molar-refractivity contribution in [2.24, 2.45) is 0 Å². The van der Waals surface area contributed by atoms with E-state index in [9.17, 15) is 49.5 Å². The van der Waals surface area contributed by atoms with Crippen molar-refractivity contribution in [2.45, 2.75) is 31.5 Å². The van der Waals surface area contributed by atoms with Crippen molar-refractivity contribution in [3.63, 3.8) is 0 Å². The van der Waals surface area contributed by atoms with Crippen molar-refractivity contribution in [3.05, 3.63) is 150 Å². The summed E-state index contributed by atoms with van der Waals surface area (Å²) in [6, 6.07) is 23.4. The van der Waals surface area contributed by atoms with Crippen LogP contribution in [0.25, 0.3) is 0 Å². The lowest BCUT2D eigenvalue weighted by Gasteiger charge is -2.23. The molecule has 0 aliphatic heterocycles. The minimum atomic E-state index is -1.22. The maximum absolute atomic E-state index is 13.7. The Kier molecular flexibility index (Phi) is 13.6. The Morgan fingerprint density at radius 3 is 1.74 bits per heavy atom. The van der Waals surface area contributed by atoms with E-state index in [0.29, 0.717) is 16.7 Å². The number of rotatable bonds is 18. The standard InChI is InChI=1S/C35H33N7O11/c43-32(20-36-28-16-15-27(41(49)50)19-31(28)42(51)52)37-21-33(44)38-29(17-23-7-3-1-4-8-23)34(45)39-30(18-24-9-5-2-6-10-24)35(46)53-22-25-11-13-26(14-12-25)40(47)48/h1-16,19,29-30,36H,17-18,20-22H2,(H,37,43)(H,38,44)(H,39,45). The molecular weight excluding hydrogens is 694 g/mol. The second-order valence-electron chi connectivity index (χ2n) is 11.4. The first-order valence-corrected chi connectivity index (χ1v) is 15.9. The van der Waals surface area contributed by atoms with Gasteiger partial charge in [0.25, 0.3) is 17.1 Å². The van der Waals surface area contributed by atoms with E-state index >= 15 is 0 Å². The fraction of sp³-hybridized carbons (Fsp3) is 0.200. The van der Waals surface area contributed by atoms with Crippen LogP contribution in [-0.2, 0) is 43.4 Å². The van der Waals surface area contributed by atoms with E-state index in [1.54, 1.807) is 60.7 Å². The van der Waals surface area contributed by atoms with Gasteiger partial charge in [-0.25, -0.2) is 4.79 Å². The molecule has 0 radical (unpaired) electrons. The van der Waals surface area contributed by atoms with Gasteiger partial charge in [0, 0.05) is 31.0 Å². The SMILES string of the molecule is O=C(CNc1ccc([N+](=O)[O-])cc1[N+](=O)[O-])NCC(=O)NC(Cc1ccccc1)C(=O)NC(Cc1ccccc1)C(=O)OCc1ccc([N+](=O)[O-])cc1. The number of nitro benzene ring substituents is 3. The Bertz CT molecular complexity index is 1960. The Labute approximate surface area is 301 Å². The van der Waals surface area contributed by atoms with E-state index in [2.05, 4.69) is 21.3 Å². The average molecular weight is 728 g/mol. The molecule has 0 saturated heterocycles. The molecule has 53 heavy (non-hydrogen) atoms. The summed E-state index contributed by atoms with van der Waals surface area (Å²) in [5, 5.41) is 43.4. The summed E-state index contributed by atoms with van der Waals surface area (Å²) in [4.78, 5) is 83.7. The largest absolute Gasteiger partial charge is 0.459 e. The molecule has 4 aromatic rings. The predicted octanol–water partition coefficient (Wildman–Crippen LogP) is 3.14. The smallest absolute Gasteiger partial charge is 0.329 e. The molecule has 4 aromatic carbocycles. The molecule has 18 nitrogen and oxygen atoms in total. The number of nitrogens with one attached hydrogen (secondary N) is 4. The normalized spacial score (nSPS) is 11.6. The topological polar surface area (TPSA) is 255 Å². The average Bonchev–Trinajstić information content (AvgIpc) is 3.15. The maximum atomic E-state index is 13.7. The van der Waals surface area contributed by atoms with Gasteiger partial charge in [-0.1, -0.05) is 60.7 Å². The number of amides is 3. The fourth-order valence-electron chi connectivity index (χ4n) is 4.94. The van der Waals surface area contributed by atoms with Gasteiger partial charge in [0.2, 0.25) is 17.7 Å². The van der Waals surface area contributed by atoms with Gasteiger partial charge in [0.1, 0.15) is 24.4 Å². The zero-order valence-corrected chi connectivity index (χ0v) is 27.8. The van der Waals surface area contributed by atoms with Crippen molar-refractivity contribution in [1.82, 2.24) is 16.0 Å². The van der Waals surface area contributed by atoms with Gasteiger partial charge in [-0.2, -0.15) is 0 Å². The molecule has 18 heteroatoms. The van der Waals surface area contributed by atoms with Crippen LogP contribution < -0.4 is 21.3 Å². The number of carbonyl (C=O) groups excluding carboxylic acids is 4. The second kappa shape index (κ2) is 18.7. The number of ether oxygens (including phenoxy) is 1. The number of nitro groups is 3. The van der Waals surface area contributed by atoms with Crippen LogP contribution in [0, 0.1) is 30.3 Å². The number of hydrogen-bond acceptors (Lipinski definition) is 12. The first kappa shape index (κ1) is 38.6. The van der Waals surface area contributed by atoms with E-state index in [4.69, 9.17) is 4.74 Å². The third-order valence-corrected chi connectivity index (χ3v) is 7.62. The number of anilines is 1. The predicted molar refractivity (Wildman–Crippen MR) is 188 cm³/mol. The molecule has 2 atom stereocenters. The van der Waals surface area contributed by atoms with E-state index in [1.807, 2.05) is 0 Å². The molecular formula is C35H33N7O11. The molecule has 3 amide bonds. The van der Waals surface area contributed by atoms with Crippen LogP contribution in [-0.4, -0.2) is 63.6 Å². The number of nitrogens with zero attached hydrogens (tertiary/aromatic N) is 3. The molecule has 2 unspecified atom stereocenters. The molecule has 0 aliphatic rings. The zero-order valence-electron chi connectivity index (χ0n) is 27.8. The van der Waals surface area contributed by atoms with Crippen molar-refractivity contribution in [2.75, 3.05) is 18.4 Å². The summed E-state index contributed by atoms with van der Waals surface area (Å²) in [5.41, 5.74) is 0.423. The minimum absolute atomic E-state index is 0.00757. The molecule has 0 spiro atoms. The minimum Gasteiger partial charge on any atom is -0.459 e. The maximum Gasteiger partial charge on any atom is 0.329 e. The summed E-state index contributed by atoms with van der Waals surface area (Å²) >= 11 is 0. The number of non-ortho nitro benzene ring substituents is 2. The molecule has 0 fully saturated rings. The van der Waals surface area contributed by atoms with Crippen LogP contribution in [0.3, 0.4) is 0 Å². The summed E-state index contributed by atoms with van der Waals surface area (Å²) in [7, 11) is 0. The molecule has 274 valence electrons. The Morgan fingerprint density at radius 1 is 0.604 bits per heavy atom. The second-order valence-corrected chi connectivity index (χ2v) is 11.4. The van der Waals surface area contributed by atoms with Gasteiger partial charge in [0.15, 0.2) is 0 Å². The Hall–Kier alpha value is -7.24. The molecule has 0 bridgehead atoms. The third kappa shape index (κ3) is 11.9. The highest BCUT2D eigenvalue weighted by Crippen LogP contribution is 2.28. The number of hydrogen-bond donors (Lipinski definition) is 4. The molecule has 0 aromatic heterocycles. The molecule has 4 rings (SSSR count). The number of esters is 1. The van der Waals surface area contributed by atoms with E-state index in [0.717, 1.165) is 18.2 Å². The molecule has 4 N–H and O–H groups in total. The van der Waals surface area contributed by atoms with E-state index in [-0.39, 0.29) is 30.8 Å². The van der Waals surface area contributed by atoms with Gasteiger partial charge in [0.05, 0.1) is 33.9 Å². The quantitative estimate of drug-likeness (QED) is 0.0655. The fourth-order valence-corrected chi connectivity index (χ4v) is 4.94. The summed E-state index contributed by atoms with van der Waals surface area (Å²) < 4.78 is 5.47. The van der Waals surface area contributed by atoms with E-state index in [1.165, 1.54) is 24.3 Å². The van der Waals surface area contributed by atoms with Gasteiger partial charge < -0.3 is 26.0 Å².